The Bertz CT molecular complexity index is 422. The summed E-state index contributed by atoms with van der Waals surface area (Å²) in [6.45, 7) is 1.39. The van der Waals surface area contributed by atoms with E-state index >= 15 is 0 Å². The Balaban J connectivity index is 2.21. The smallest absolute Gasteiger partial charge is 0.225 e. The van der Waals surface area contributed by atoms with Gasteiger partial charge in [0.15, 0.2) is 6.29 Å². The van der Waals surface area contributed by atoms with Gasteiger partial charge in [-0.05, 0) is 24.4 Å². The van der Waals surface area contributed by atoms with Gasteiger partial charge in [-0.2, -0.15) is 4.98 Å². The van der Waals surface area contributed by atoms with Gasteiger partial charge in [-0.15, -0.1) is 0 Å². The van der Waals surface area contributed by atoms with Crippen molar-refractivity contribution in [3.8, 4) is 0 Å². The monoisotopic (exact) mass is 275 g/mol. The van der Waals surface area contributed by atoms with Crippen LogP contribution in [0.1, 0.15) is 23.2 Å². The minimum atomic E-state index is 0.0233. The summed E-state index contributed by atoms with van der Waals surface area (Å²) in [5.74, 6) is 0.386. The van der Waals surface area contributed by atoms with Gasteiger partial charge in [0.1, 0.15) is 11.0 Å². The molecule has 1 N–H and O–H groups in total. The second-order valence-electron chi connectivity index (χ2n) is 3.69. The molecular weight excluding hydrogens is 265 g/mol. The number of rotatable bonds is 3. The van der Waals surface area contributed by atoms with Crippen molar-refractivity contribution < 1.29 is 9.53 Å². The number of carbonyl (C=O) groups is 1. The van der Waals surface area contributed by atoms with Gasteiger partial charge >= 0.3 is 0 Å². The molecule has 1 aromatic rings. The Morgan fingerprint density at radius 1 is 1.29 bits per heavy atom. The van der Waals surface area contributed by atoms with Crippen LogP contribution < -0.4 is 5.32 Å². The fourth-order valence-electron chi connectivity index (χ4n) is 1.67. The molecule has 1 saturated heterocycles. The van der Waals surface area contributed by atoms with E-state index in [9.17, 15) is 4.79 Å². The molecule has 1 aromatic heterocycles. The number of halogens is 2. The highest BCUT2D eigenvalue weighted by molar-refractivity contribution is 6.34. The summed E-state index contributed by atoms with van der Waals surface area (Å²) in [6, 6.07) is 0.212. The molecule has 7 heteroatoms. The third kappa shape index (κ3) is 3.06. The second-order valence-corrected chi connectivity index (χ2v) is 4.39. The lowest BCUT2D eigenvalue weighted by atomic mass is 10.1. The molecular formula is C10H11Cl2N3O2. The third-order valence-electron chi connectivity index (χ3n) is 2.55. The Labute approximate surface area is 108 Å². The molecule has 0 spiro atoms. The maximum Gasteiger partial charge on any atom is 0.225 e. The molecule has 1 aliphatic heterocycles. The molecule has 0 bridgehead atoms. The van der Waals surface area contributed by atoms with Crippen LogP contribution in [0.2, 0.25) is 10.4 Å². The van der Waals surface area contributed by atoms with Crippen LogP contribution in [0.4, 0.5) is 5.82 Å². The van der Waals surface area contributed by atoms with Crippen molar-refractivity contribution in [2.45, 2.75) is 18.9 Å². The lowest BCUT2D eigenvalue weighted by Gasteiger charge is -2.24. The van der Waals surface area contributed by atoms with Crippen LogP contribution >= 0.6 is 23.2 Å². The van der Waals surface area contributed by atoms with E-state index < -0.39 is 0 Å². The number of hydrogen-bond acceptors (Lipinski definition) is 5. The van der Waals surface area contributed by atoms with Gasteiger partial charge in [-0.1, -0.05) is 11.6 Å². The van der Waals surface area contributed by atoms with Gasteiger partial charge in [0, 0.05) is 19.3 Å². The molecule has 0 aliphatic carbocycles. The van der Waals surface area contributed by atoms with Crippen molar-refractivity contribution in [1.29, 1.82) is 0 Å². The van der Waals surface area contributed by atoms with Crippen molar-refractivity contribution >= 4 is 35.3 Å². The molecule has 1 fully saturated rings. The highest BCUT2D eigenvalue weighted by atomic mass is 35.5. The van der Waals surface area contributed by atoms with Crippen LogP contribution in [-0.4, -0.2) is 35.5 Å². The van der Waals surface area contributed by atoms with Crippen LogP contribution in [0, 0.1) is 0 Å². The standard InChI is InChI=1S/C10H11Cl2N3O2/c11-8-7(5-16)9(15-10(12)14-8)13-6-1-3-17-4-2-6/h5-6H,1-4H2,(H,13,14,15). The molecule has 0 unspecified atom stereocenters. The lowest BCUT2D eigenvalue weighted by molar-refractivity contribution is 0.0903. The summed E-state index contributed by atoms with van der Waals surface area (Å²) in [7, 11) is 0. The Kier molecular flexibility index (Phi) is 4.15. The van der Waals surface area contributed by atoms with Crippen molar-refractivity contribution in [2.75, 3.05) is 18.5 Å². The normalized spacial score (nSPS) is 16.8. The average Bonchev–Trinajstić information content (AvgIpc) is 2.30. The fourth-order valence-corrected chi connectivity index (χ4v) is 2.09. The number of hydrogen-bond donors (Lipinski definition) is 1. The predicted octanol–water partition coefficient (Wildman–Crippen LogP) is 2.19. The Morgan fingerprint density at radius 2 is 2.00 bits per heavy atom. The largest absolute Gasteiger partial charge is 0.381 e. The first kappa shape index (κ1) is 12.5. The number of aromatic nitrogens is 2. The summed E-state index contributed by atoms with van der Waals surface area (Å²) in [5, 5.41) is 3.24. The second kappa shape index (κ2) is 5.62. The van der Waals surface area contributed by atoms with E-state index in [1.165, 1.54) is 0 Å². The summed E-state index contributed by atoms with van der Waals surface area (Å²) >= 11 is 11.5. The van der Waals surface area contributed by atoms with Crippen LogP contribution in [-0.2, 0) is 4.74 Å². The number of nitrogens with one attached hydrogen (secondary N) is 1. The average molecular weight is 276 g/mol. The maximum absolute atomic E-state index is 10.9. The summed E-state index contributed by atoms with van der Waals surface area (Å²) < 4.78 is 5.25. The minimum absolute atomic E-state index is 0.0233. The van der Waals surface area contributed by atoms with Crippen molar-refractivity contribution in [1.82, 2.24) is 9.97 Å². The van der Waals surface area contributed by atoms with E-state index in [4.69, 9.17) is 27.9 Å². The van der Waals surface area contributed by atoms with E-state index in [-0.39, 0.29) is 22.0 Å². The summed E-state index contributed by atoms with van der Waals surface area (Å²) in [5.41, 5.74) is 0.238. The van der Waals surface area contributed by atoms with Gasteiger partial charge in [-0.25, -0.2) is 4.98 Å². The molecule has 0 saturated carbocycles. The zero-order chi connectivity index (χ0) is 12.3. The number of ether oxygens (including phenoxy) is 1. The first-order valence-corrected chi connectivity index (χ1v) is 5.99. The number of anilines is 1. The van der Waals surface area contributed by atoms with E-state index in [1.807, 2.05) is 0 Å². The molecule has 2 heterocycles. The van der Waals surface area contributed by atoms with Crippen LogP contribution in [0.15, 0.2) is 0 Å². The molecule has 0 aromatic carbocycles. The fraction of sp³-hybridized carbons (Fsp3) is 0.500. The van der Waals surface area contributed by atoms with Gasteiger partial charge in [0.2, 0.25) is 5.28 Å². The molecule has 0 radical (unpaired) electrons. The van der Waals surface area contributed by atoms with E-state index in [0.29, 0.717) is 25.3 Å². The molecule has 0 amide bonds. The number of carbonyl (C=O) groups excluding carboxylic acids is 1. The zero-order valence-electron chi connectivity index (χ0n) is 8.95. The van der Waals surface area contributed by atoms with Crippen molar-refractivity contribution in [3.63, 3.8) is 0 Å². The van der Waals surface area contributed by atoms with Crippen LogP contribution in [0.5, 0.6) is 0 Å². The van der Waals surface area contributed by atoms with E-state index in [0.717, 1.165) is 12.8 Å². The quantitative estimate of drug-likeness (QED) is 0.521. The summed E-state index contributed by atoms with van der Waals surface area (Å²) in [6.07, 6.45) is 2.34. The SMILES string of the molecule is O=Cc1c(Cl)nc(Cl)nc1NC1CCOCC1. The minimum Gasteiger partial charge on any atom is -0.381 e. The summed E-state index contributed by atoms with van der Waals surface area (Å²) in [4.78, 5) is 18.6. The van der Waals surface area contributed by atoms with Crippen molar-refractivity contribution in [2.24, 2.45) is 0 Å². The molecule has 2 rings (SSSR count). The van der Waals surface area contributed by atoms with E-state index in [1.54, 1.807) is 0 Å². The molecule has 1 aliphatic rings. The third-order valence-corrected chi connectivity index (χ3v) is 3.01. The molecule has 5 nitrogen and oxygen atoms in total. The topological polar surface area (TPSA) is 64.1 Å². The lowest BCUT2D eigenvalue weighted by Crippen LogP contribution is -2.28. The first-order valence-electron chi connectivity index (χ1n) is 5.23. The van der Waals surface area contributed by atoms with E-state index in [2.05, 4.69) is 15.3 Å². The first-order chi connectivity index (χ1) is 8.20. The number of nitrogens with zero attached hydrogens (tertiary/aromatic N) is 2. The predicted molar refractivity (Wildman–Crippen MR) is 64.9 cm³/mol. The maximum atomic E-state index is 10.9. The Hall–Kier alpha value is -0.910. The highest BCUT2D eigenvalue weighted by Gasteiger charge is 2.18. The zero-order valence-corrected chi connectivity index (χ0v) is 10.5. The van der Waals surface area contributed by atoms with Crippen LogP contribution in [0.3, 0.4) is 0 Å². The number of aldehydes is 1. The van der Waals surface area contributed by atoms with Crippen molar-refractivity contribution in [3.05, 3.63) is 16.0 Å². The Morgan fingerprint density at radius 3 is 2.65 bits per heavy atom. The van der Waals surface area contributed by atoms with Gasteiger partial charge < -0.3 is 10.1 Å². The van der Waals surface area contributed by atoms with Gasteiger partial charge in [0.25, 0.3) is 0 Å². The highest BCUT2D eigenvalue weighted by Crippen LogP contribution is 2.23. The molecule has 17 heavy (non-hydrogen) atoms. The molecule has 92 valence electrons. The molecule has 0 atom stereocenters. The van der Waals surface area contributed by atoms with Gasteiger partial charge in [0.05, 0.1) is 5.56 Å². The van der Waals surface area contributed by atoms with Gasteiger partial charge in [-0.3, -0.25) is 4.79 Å². The van der Waals surface area contributed by atoms with Crippen LogP contribution in [0.25, 0.3) is 0 Å².